The molecule has 102 valence electrons. The van der Waals surface area contributed by atoms with Gasteiger partial charge in [0.15, 0.2) is 0 Å². The molecule has 3 nitrogen and oxygen atoms in total. The molecular weight excluding hydrogens is 246 g/mol. The first-order valence-electron chi connectivity index (χ1n) is 6.39. The zero-order chi connectivity index (χ0) is 13.8. The van der Waals surface area contributed by atoms with Gasteiger partial charge < -0.3 is 5.73 Å². The molecule has 0 amide bonds. The van der Waals surface area contributed by atoms with Crippen molar-refractivity contribution in [3.8, 4) is 0 Å². The number of nitrogens with two attached hydrogens (primary N) is 1. The van der Waals surface area contributed by atoms with Crippen LogP contribution in [0.1, 0.15) is 42.5 Å². The van der Waals surface area contributed by atoms with Gasteiger partial charge in [-0.3, -0.25) is 0 Å². The van der Waals surface area contributed by atoms with E-state index in [0.717, 1.165) is 5.56 Å². The van der Waals surface area contributed by atoms with Crippen LogP contribution >= 0.6 is 0 Å². The summed E-state index contributed by atoms with van der Waals surface area (Å²) in [6.45, 7) is 5.78. The van der Waals surface area contributed by atoms with E-state index in [1.54, 1.807) is 6.92 Å². The molecule has 4 heteroatoms. The fourth-order valence-corrected chi connectivity index (χ4v) is 2.96. The maximum Gasteiger partial charge on any atom is 0.150 e. The highest BCUT2D eigenvalue weighted by atomic mass is 32.2. The zero-order valence-electron chi connectivity index (χ0n) is 11.4. The van der Waals surface area contributed by atoms with Crippen molar-refractivity contribution >= 4 is 9.84 Å². The van der Waals surface area contributed by atoms with Crippen LogP contribution in [0.4, 0.5) is 0 Å². The van der Waals surface area contributed by atoms with Crippen molar-refractivity contribution in [3.05, 3.63) is 34.9 Å². The molecule has 0 saturated carbocycles. The summed E-state index contributed by atoms with van der Waals surface area (Å²) >= 11 is 0. The maximum absolute atomic E-state index is 11.4. The van der Waals surface area contributed by atoms with E-state index in [2.05, 4.69) is 13.0 Å². The number of aryl methyl sites for hydroxylation is 2. The van der Waals surface area contributed by atoms with E-state index in [0.29, 0.717) is 12.8 Å². The van der Waals surface area contributed by atoms with Crippen LogP contribution < -0.4 is 5.73 Å². The van der Waals surface area contributed by atoms with E-state index in [9.17, 15) is 8.42 Å². The largest absolute Gasteiger partial charge is 0.324 e. The van der Waals surface area contributed by atoms with Crippen LogP contribution in [-0.2, 0) is 9.84 Å². The Balaban J connectivity index is 2.58. The Hall–Kier alpha value is -0.870. The fraction of sp³-hybridized carbons (Fsp3) is 0.571. The first kappa shape index (κ1) is 15.2. The molecule has 2 N–H and O–H groups in total. The number of rotatable bonds is 6. The first-order valence-corrected chi connectivity index (χ1v) is 8.21. The van der Waals surface area contributed by atoms with Crippen LogP contribution in [0.2, 0.25) is 0 Å². The van der Waals surface area contributed by atoms with Crippen molar-refractivity contribution in [1.82, 2.24) is 0 Å². The zero-order valence-corrected chi connectivity index (χ0v) is 12.3. The fourth-order valence-electron chi connectivity index (χ4n) is 2.06. The Morgan fingerprint density at radius 3 is 2.50 bits per heavy atom. The number of sulfone groups is 1. The topological polar surface area (TPSA) is 60.2 Å². The average molecular weight is 269 g/mol. The summed E-state index contributed by atoms with van der Waals surface area (Å²) in [5.41, 5.74) is 9.64. The molecular formula is C14H23NO2S. The van der Waals surface area contributed by atoms with Crippen molar-refractivity contribution < 1.29 is 8.42 Å². The summed E-state index contributed by atoms with van der Waals surface area (Å²) < 4.78 is 22.8. The molecule has 0 heterocycles. The van der Waals surface area contributed by atoms with Gasteiger partial charge in [-0.05, 0) is 37.8 Å². The lowest BCUT2D eigenvalue weighted by molar-refractivity contribution is 0.583. The molecule has 18 heavy (non-hydrogen) atoms. The van der Waals surface area contributed by atoms with Gasteiger partial charge in [-0.2, -0.15) is 0 Å². The quantitative estimate of drug-likeness (QED) is 0.863. The summed E-state index contributed by atoms with van der Waals surface area (Å²) in [5, 5.41) is 0. The van der Waals surface area contributed by atoms with E-state index in [4.69, 9.17) is 5.73 Å². The summed E-state index contributed by atoms with van der Waals surface area (Å²) in [6.07, 6.45) is 1.34. The normalized spacial score (nSPS) is 13.6. The summed E-state index contributed by atoms with van der Waals surface area (Å²) in [7, 11) is -2.87. The monoisotopic (exact) mass is 269 g/mol. The summed E-state index contributed by atoms with van der Waals surface area (Å²) in [4.78, 5) is 0. The molecule has 0 aliphatic carbocycles. The molecule has 0 fully saturated rings. The van der Waals surface area contributed by atoms with Gasteiger partial charge in [0.25, 0.3) is 0 Å². The van der Waals surface area contributed by atoms with Crippen LogP contribution in [0, 0.1) is 13.8 Å². The standard InChI is InChI=1S/C14H23NO2S/c1-4-18(16,17)9-5-6-14(15)13-8-7-11(2)10-12(13)3/h7-8,10,14H,4-6,9,15H2,1-3H3. The van der Waals surface area contributed by atoms with Crippen molar-refractivity contribution in [2.24, 2.45) is 5.73 Å². The second-order valence-electron chi connectivity index (χ2n) is 4.85. The minimum absolute atomic E-state index is 0.0716. The highest BCUT2D eigenvalue weighted by molar-refractivity contribution is 7.91. The van der Waals surface area contributed by atoms with Crippen LogP contribution in [0.3, 0.4) is 0 Å². The Morgan fingerprint density at radius 1 is 1.28 bits per heavy atom. The minimum Gasteiger partial charge on any atom is -0.324 e. The smallest absolute Gasteiger partial charge is 0.150 e. The van der Waals surface area contributed by atoms with Crippen LogP contribution in [0.5, 0.6) is 0 Å². The highest BCUT2D eigenvalue weighted by Crippen LogP contribution is 2.21. The van der Waals surface area contributed by atoms with Gasteiger partial charge in [0.05, 0.1) is 5.75 Å². The third-order valence-electron chi connectivity index (χ3n) is 3.24. The third-order valence-corrected chi connectivity index (χ3v) is 5.03. The number of hydrogen-bond donors (Lipinski definition) is 1. The predicted octanol–water partition coefficient (Wildman–Crippen LogP) is 2.52. The molecule has 0 spiro atoms. The molecule has 0 aliphatic heterocycles. The molecule has 0 aliphatic rings. The Kier molecular flexibility index (Phi) is 5.35. The molecule has 1 aromatic carbocycles. The van der Waals surface area contributed by atoms with Gasteiger partial charge >= 0.3 is 0 Å². The minimum atomic E-state index is -2.87. The van der Waals surface area contributed by atoms with Crippen molar-refractivity contribution in [2.45, 2.75) is 39.7 Å². The maximum atomic E-state index is 11.4. The second-order valence-corrected chi connectivity index (χ2v) is 7.32. The van der Waals surface area contributed by atoms with Crippen LogP contribution in [-0.4, -0.2) is 19.9 Å². The van der Waals surface area contributed by atoms with Crippen molar-refractivity contribution in [2.75, 3.05) is 11.5 Å². The van der Waals surface area contributed by atoms with E-state index in [1.807, 2.05) is 19.1 Å². The Labute approximate surface area is 110 Å². The molecule has 1 rings (SSSR count). The van der Waals surface area contributed by atoms with Gasteiger partial charge in [-0.1, -0.05) is 30.7 Å². The van der Waals surface area contributed by atoms with Crippen molar-refractivity contribution in [1.29, 1.82) is 0 Å². The molecule has 1 aromatic rings. The molecule has 1 atom stereocenters. The summed E-state index contributed by atoms with van der Waals surface area (Å²) in [5.74, 6) is 0.452. The average Bonchev–Trinajstić information content (AvgIpc) is 2.28. The number of hydrogen-bond acceptors (Lipinski definition) is 3. The van der Waals surface area contributed by atoms with E-state index in [1.165, 1.54) is 11.1 Å². The first-order chi connectivity index (χ1) is 8.35. The van der Waals surface area contributed by atoms with E-state index < -0.39 is 9.84 Å². The van der Waals surface area contributed by atoms with Crippen molar-refractivity contribution in [3.63, 3.8) is 0 Å². The predicted molar refractivity (Wildman–Crippen MR) is 76.4 cm³/mol. The highest BCUT2D eigenvalue weighted by Gasteiger charge is 2.12. The van der Waals surface area contributed by atoms with Crippen LogP contribution in [0.25, 0.3) is 0 Å². The lowest BCUT2D eigenvalue weighted by Gasteiger charge is -2.15. The molecule has 0 bridgehead atoms. The van der Waals surface area contributed by atoms with Crippen LogP contribution in [0.15, 0.2) is 18.2 Å². The molecule has 1 unspecified atom stereocenters. The Bertz CT molecular complexity index is 495. The van der Waals surface area contributed by atoms with E-state index in [-0.39, 0.29) is 17.5 Å². The van der Waals surface area contributed by atoms with Gasteiger partial charge in [-0.15, -0.1) is 0 Å². The number of benzene rings is 1. The Morgan fingerprint density at radius 2 is 1.94 bits per heavy atom. The SMILES string of the molecule is CCS(=O)(=O)CCCC(N)c1ccc(C)cc1C. The molecule has 0 saturated heterocycles. The lowest BCUT2D eigenvalue weighted by Crippen LogP contribution is -2.15. The molecule has 0 radical (unpaired) electrons. The third kappa shape index (κ3) is 4.42. The van der Waals surface area contributed by atoms with Gasteiger partial charge in [0.1, 0.15) is 9.84 Å². The molecule has 0 aromatic heterocycles. The summed E-state index contributed by atoms with van der Waals surface area (Å²) in [6, 6.07) is 6.13. The van der Waals surface area contributed by atoms with Gasteiger partial charge in [0, 0.05) is 11.8 Å². The lowest BCUT2D eigenvalue weighted by atomic mass is 9.97. The second kappa shape index (κ2) is 6.34. The van der Waals surface area contributed by atoms with Gasteiger partial charge in [0.2, 0.25) is 0 Å². The van der Waals surface area contributed by atoms with E-state index >= 15 is 0 Å². The van der Waals surface area contributed by atoms with Gasteiger partial charge in [-0.25, -0.2) is 8.42 Å².